The van der Waals surface area contributed by atoms with Crippen LogP contribution in [0.5, 0.6) is 0 Å². The molecule has 2 N–H and O–H groups in total. The number of nitrogens with zero attached hydrogens (tertiary/aromatic N) is 3. The maximum atomic E-state index is 13.2. The second-order valence-corrected chi connectivity index (χ2v) is 8.50. The van der Waals surface area contributed by atoms with Gasteiger partial charge in [0, 0.05) is 30.2 Å². The average molecular weight is 483 g/mol. The van der Waals surface area contributed by atoms with Gasteiger partial charge in [0.15, 0.2) is 0 Å². The molecule has 2 aromatic heterocycles. The molecular weight excluding hydrogens is 448 g/mol. The average Bonchev–Trinajstić information content (AvgIpc) is 3.29. The number of hydrogen-bond donors (Lipinski definition) is 2. The van der Waals surface area contributed by atoms with Crippen molar-refractivity contribution in [2.75, 3.05) is 32.8 Å². The molecule has 9 heteroatoms. The zero-order valence-electron chi connectivity index (χ0n) is 21.1. The number of aliphatic hydroxyl groups excluding tert-OH is 1. The van der Waals surface area contributed by atoms with Crippen LogP contribution in [-0.2, 0) is 14.3 Å². The lowest BCUT2D eigenvalue weighted by Crippen LogP contribution is -2.33. The number of nitrogens with one attached hydrogen (secondary N) is 1. The molecular formula is C26H34N4O5. The summed E-state index contributed by atoms with van der Waals surface area (Å²) in [4.78, 5) is 49.6. The summed E-state index contributed by atoms with van der Waals surface area (Å²) < 4.78 is 5.10. The number of aromatic nitrogens is 2. The summed E-state index contributed by atoms with van der Waals surface area (Å²) in [6.07, 6.45) is 3.89. The molecule has 3 heterocycles. The molecule has 1 aliphatic heterocycles. The van der Waals surface area contributed by atoms with Gasteiger partial charge < -0.3 is 24.6 Å². The lowest BCUT2D eigenvalue weighted by molar-refractivity contribution is -0.140. The van der Waals surface area contributed by atoms with Gasteiger partial charge in [-0.1, -0.05) is 19.9 Å². The van der Waals surface area contributed by atoms with Gasteiger partial charge in [0.2, 0.25) is 0 Å². The standard InChI is InChI=1S/C26H34N4O5/c1-6-29(7-2)13-10-14-30-22(18-11-9-12-27-15-18)20(24(32)25(30)33)23(31)19-16(4)21(28-17(19)5)26(34)35-8-3/h9,11-12,15,22,28,31H,6-8,10,13-14H2,1-5H3/t22-/m1/s1. The van der Waals surface area contributed by atoms with Crippen molar-refractivity contribution in [3.05, 3.63) is 58.2 Å². The fourth-order valence-corrected chi connectivity index (χ4v) is 4.65. The molecule has 3 rings (SSSR count). The van der Waals surface area contributed by atoms with Crippen molar-refractivity contribution >= 4 is 23.4 Å². The second kappa shape index (κ2) is 11.3. The molecule has 188 valence electrons. The van der Waals surface area contributed by atoms with Crippen molar-refractivity contribution in [1.29, 1.82) is 0 Å². The molecule has 9 nitrogen and oxygen atoms in total. The number of aliphatic hydroxyl groups is 1. The largest absolute Gasteiger partial charge is 0.507 e. The summed E-state index contributed by atoms with van der Waals surface area (Å²) in [5, 5.41) is 11.4. The monoisotopic (exact) mass is 482 g/mol. The smallest absolute Gasteiger partial charge is 0.355 e. The highest BCUT2D eigenvalue weighted by Gasteiger charge is 2.46. The highest BCUT2D eigenvalue weighted by molar-refractivity contribution is 6.46. The number of aromatic amines is 1. The molecule has 1 aliphatic rings. The molecule has 0 unspecified atom stereocenters. The van der Waals surface area contributed by atoms with E-state index in [4.69, 9.17) is 4.74 Å². The van der Waals surface area contributed by atoms with Crippen molar-refractivity contribution in [3.8, 4) is 0 Å². The van der Waals surface area contributed by atoms with Crippen LogP contribution in [0.25, 0.3) is 5.76 Å². The number of H-pyrrole nitrogens is 1. The first-order valence-electron chi connectivity index (χ1n) is 12.0. The summed E-state index contributed by atoms with van der Waals surface area (Å²) >= 11 is 0. The quantitative estimate of drug-likeness (QED) is 0.231. The summed E-state index contributed by atoms with van der Waals surface area (Å²) in [5.74, 6) is -2.27. The fourth-order valence-electron chi connectivity index (χ4n) is 4.65. The van der Waals surface area contributed by atoms with E-state index in [1.807, 2.05) is 0 Å². The van der Waals surface area contributed by atoms with Crippen LogP contribution in [0, 0.1) is 13.8 Å². The van der Waals surface area contributed by atoms with Crippen molar-refractivity contribution in [2.45, 2.75) is 47.1 Å². The maximum absolute atomic E-state index is 13.2. The van der Waals surface area contributed by atoms with E-state index in [0.29, 0.717) is 35.3 Å². The number of esters is 1. The van der Waals surface area contributed by atoms with Crippen molar-refractivity contribution in [3.63, 3.8) is 0 Å². The van der Waals surface area contributed by atoms with Gasteiger partial charge in [-0.05, 0) is 64.0 Å². The number of hydrogen-bond acceptors (Lipinski definition) is 7. The molecule has 1 saturated heterocycles. The Kier molecular flexibility index (Phi) is 8.45. The summed E-state index contributed by atoms with van der Waals surface area (Å²) in [6.45, 7) is 12.4. The van der Waals surface area contributed by atoms with Gasteiger partial charge >= 0.3 is 5.97 Å². The number of ether oxygens (including phenoxy) is 1. The van der Waals surface area contributed by atoms with Crippen molar-refractivity contribution < 1.29 is 24.2 Å². The second-order valence-electron chi connectivity index (χ2n) is 8.50. The first-order valence-corrected chi connectivity index (χ1v) is 12.0. The van der Waals surface area contributed by atoms with Crippen LogP contribution < -0.4 is 0 Å². The van der Waals surface area contributed by atoms with Crippen LogP contribution in [0.4, 0.5) is 0 Å². The molecule has 2 aromatic rings. The predicted octanol–water partition coefficient (Wildman–Crippen LogP) is 3.36. The first kappa shape index (κ1) is 26.2. The van der Waals surface area contributed by atoms with Gasteiger partial charge in [-0.25, -0.2) is 4.79 Å². The van der Waals surface area contributed by atoms with E-state index in [2.05, 4.69) is 28.7 Å². The normalized spacial score (nSPS) is 17.4. The Hall–Kier alpha value is -3.46. The molecule has 0 saturated carbocycles. The van der Waals surface area contributed by atoms with E-state index in [-0.39, 0.29) is 23.6 Å². The highest BCUT2D eigenvalue weighted by Crippen LogP contribution is 2.40. The topological polar surface area (TPSA) is 116 Å². The molecule has 0 aromatic carbocycles. The number of ketones is 1. The molecule has 1 amide bonds. The van der Waals surface area contributed by atoms with Gasteiger partial charge in [-0.3, -0.25) is 14.6 Å². The lowest BCUT2D eigenvalue weighted by atomic mass is 9.95. The van der Waals surface area contributed by atoms with Crippen LogP contribution in [0.2, 0.25) is 0 Å². The minimum absolute atomic E-state index is 0.00792. The predicted molar refractivity (Wildman–Crippen MR) is 132 cm³/mol. The van der Waals surface area contributed by atoms with Crippen molar-refractivity contribution in [2.24, 2.45) is 0 Å². The maximum Gasteiger partial charge on any atom is 0.355 e. The minimum Gasteiger partial charge on any atom is -0.507 e. The van der Waals surface area contributed by atoms with Crippen LogP contribution in [0.15, 0.2) is 30.1 Å². The Bertz CT molecular complexity index is 1120. The van der Waals surface area contributed by atoms with Crippen LogP contribution in [0.3, 0.4) is 0 Å². The third-order valence-corrected chi connectivity index (χ3v) is 6.46. The number of aryl methyl sites for hydroxylation is 1. The van der Waals surface area contributed by atoms with Gasteiger partial charge in [0.1, 0.15) is 11.5 Å². The van der Waals surface area contributed by atoms with E-state index >= 15 is 0 Å². The Labute approximate surface area is 205 Å². The Morgan fingerprint density at radius 2 is 1.94 bits per heavy atom. The summed E-state index contributed by atoms with van der Waals surface area (Å²) in [5.41, 5.74) is 2.11. The third kappa shape index (κ3) is 5.14. The third-order valence-electron chi connectivity index (χ3n) is 6.46. The zero-order valence-corrected chi connectivity index (χ0v) is 21.1. The molecule has 0 radical (unpaired) electrons. The van der Waals surface area contributed by atoms with Gasteiger partial charge in [0.25, 0.3) is 11.7 Å². The number of likely N-dealkylation sites (tertiary alicyclic amines) is 1. The number of rotatable bonds is 10. The molecule has 1 fully saturated rings. The minimum atomic E-state index is -0.778. The van der Waals surface area contributed by atoms with E-state index in [1.165, 1.54) is 4.90 Å². The van der Waals surface area contributed by atoms with Crippen LogP contribution in [0.1, 0.15) is 66.1 Å². The number of carbonyl (C=O) groups excluding carboxylic acids is 3. The molecule has 1 atom stereocenters. The van der Waals surface area contributed by atoms with Gasteiger partial charge in [-0.15, -0.1) is 0 Å². The number of Topliss-reactive ketones (excluding diaryl/α,β-unsaturated/α-hetero) is 1. The number of carbonyl (C=O) groups is 3. The number of amides is 1. The highest BCUT2D eigenvalue weighted by atomic mass is 16.5. The lowest BCUT2D eigenvalue weighted by Gasteiger charge is -2.26. The fraction of sp³-hybridized carbons (Fsp3) is 0.462. The van der Waals surface area contributed by atoms with Crippen LogP contribution >= 0.6 is 0 Å². The van der Waals surface area contributed by atoms with Gasteiger partial charge in [0.05, 0.1) is 18.2 Å². The molecule has 0 aliphatic carbocycles. The number of pyridine rings is 1. The Morgan fingerprint density at radius 3 is 2.54 bits per heavy atom. The summed E-state index contributed by atoms with van der Waals surface area (Å²) in [7, 11) is 0. The van der Waals surface area contributed by atoms with E-state index in [9.17, 15) is 19.5 Å². The van der Waals surface area contributed by atoms with Crippen LogP contribution in [-0.4, -0.2) is 75.3 Å². The SMILES string of the molecule is CCOC(=O)c1[nH]c(C)c(C(O)=C2C(=O)C(=O)N(CCCN(CC)CC)[C@@H]2c2cccnc2)c1C. The van der Waals surface area contributed by atoms with E-state index in [0.717, 1.165) is 19.6 Å². The Morgan fingerprint density at radius 1 is 1.23 bits per heavy atom. The zero-order chi connectivity index (χ0) is 25.7. The first-order chi connectivity index (χ1) is 16.8. The van der Waals surface area contributed by atoms with Gasteiger partial charge in [-0.2, -0.15) is 0 Å². The van der Waals surface area contributed by atoms with E-state index < -0.39 is 23.7 Å². The molecule has 0 bridgehead atoms. The van der Waals surface area contributed by atoms with Crippen molar-refractivity contribution in [1.82, 2.24) is 19.8 Å². The molecule has 35 heavy (non-hydrogen) atoms. The van der Waals surface area contributed by atoms with E-state index in [1.54, 1.807) is 45.3 Å². The molecule has 0 spiro atoms. The Balaban J connectivity index is 2.08. The summed E-state index contributed by atoms with van der Waals surface area (Å²) in [6, 6.07) is 2.74.